The van der Waals surface area contributed by atoms with E-state index < -0.39 is 0 Å². The molecule has 0 aliphatic heterocycles. The Balaban J connectivity index is 2.27. The summed E-state index contributed by atoms with van der Waals surface area (Å²) in [5.74, 6) is -0.266. The molecule has 0 spiro atoms. The van der Waals surface area contributed by atoms with Crippen LogP contribution in [0.3, 0.4) is 0 Å². The predicted octanol–water partition coefficient (Wildman–Crippen LogP) is 0.0964. The summed E-state index contributed by atoms with van der Waals surface area (Å²) in [5, 5.41) is 0. The van der Waals surface area contributed by atoms with E-state index in [1.54, 1.807) is 21.1 Å². The molecule has 1 aromatic rings. The molecule has 0 radical (unpaired) electrons. The number of primary amides is 1. The van der Waals surface area contributed by atoms with Gasteiger partial charge in [-0.15, -0.1) is 0 Å². The molecular formula is C2H4N2OS2. The summed E-state index contributed by atoms with van der Waals surface area (Å²) in [5.41, 5.74) is 4.83. The van der Waals surface area contributed by atoms with Crippen molar-refractivity contribution in [2.75, 3.05) is 0 Å². The summed E-state index contributed by atoms with van der Waals surface area (Å²) >= 11 is 0. The van der Waals surface area contributed by atoms with Gasteiger partial charge in [0.05, 0.1) is 0 Å². The number of aromatic nitrogens is 1. The minimum atomic E-state index is -0.266. The van der Waals surface area contributed by atoms with Crippen LogP contribution in [0.5, 0.6) is 0 Å². The minimum absolute atomic E-state index is 0.266. The molecule has 5 heteroatoms. The highest BCUT2D eigenvalue weighted by molar-refractivity contribution is 7.76. The zero-order chi connectivity index (χ0) is 5.28. The van der Waals surface area contributed by atoms with Crippen molar-refractivity contribution in [1.82, 2.24) is 3.35 Å². The van der Waals surface area contributed by atoms with Gasteiger partial charge in [0.15, 0.2) is 0 Å². The zero-order valence-corrected chi connectivity index (χ0v) is 5.09. The van der Waals surface area contributed by atoms with Crippen molar-refractivity contribution in [1.29, 1.82) is 0 Å². The van der Waals surface area contributed by atoms with Crippen LogP contribution in [0.15, 0.2) is 0 Å². The highest BCUT2D eigenvalue weighted by Gasteiger charge is 1.99. The monoisotopic (exact) mass is 136 g/mol. The van der Waals surface area contributed by atoms with E-state index in [2.05, 4.69) is 0 Å². The Kier molecular flexibility index (Phi) is 1.16. The summed E-state index contributed by atoms with van der Waals surface area (Å²) in [4.78, 5) is 10.0. The molecule has 3 nitrogen and oxygen atoms in total. The van der Waals surface area contributed by atoms with E-state index in [1.165, 1.54) is 0 Å². The Bertz CT molecular complexity index is 142. The first-order valence-electron chi connectivity index (χ1n) is 1.69. The SMILES string of the molecule is NC(=O)Cn1ss1. The number of nitrogens with two attached hydrogens (primary N) is 1. The molecule has 0 aliphatic rings. The molecule has 0 saturated heterocycles. The average molecular weight is 136 g/mol. The van der Waals surface area contributed by atoms with Crippen LogP contribution < -0.4 is 5.73 Å². The number of rotatable bonds is 2. The number of hydrogen-bond acceptors (Lipinski definition) is 3. The maximum Gasteiger partial charge on any atom is 0.239 e. The Morgan fingerprint density at radius 3 is 2.43 bits per heavy atom. The molecule has 40 valence electrons. The van der Waals surface area contributed by atoms with Crippen LogP contribution in [0.4, 0.5) is 0 Å². The maximum absolute atomic E-state index is 10.0. The number of nitrogens with zero attached hydrogens (tertiary/aromatic N) is 1. The van der Waals surface area contributed by atoms with Crippen LogP contribution in [-0.2, 0) is 11.3 Å². The van der Waals surface area contributed by atoms with Crippen LogP contribution >= 0.6 is 21.1 Å². The lowest BCUT2D eigenvalue weighted by atomic mass is 10.7. The smallest absolute Gasteiger partial charge is 0.239 e. The maximum atomic E-state index is 10.0. The second-order valence-corrected chi connectivity index (χ2v) is 3.41. The zero-order valence-electron chi connectivity index (χ0n) is 3.46. The minimum Gasteiger partial charge on any atom is -0.368 e. The van der Waals surface area contributed by atoms with Gasteiger partial charge >= 0.3 is 0 Å². The highest BCUT2D eigenvalue weighted by atomic mass is 33.0. The van der Waals surface area contributed by atoms with E-state index in [9.17, 15) is 4.79 Å². The summed E-state index contributed by atoms with van der Waals surface area (Å²) in [6, 6.07) is 0. The molecule has 0 atom stereocenters. The predicted molar refractivity (Wildman–Crippen MR) is 29.4 cm³/mol. The second-order valence-electron chi connectivity index (χ2n) is 1.11. The first kappa shape index (κ1) is 4.86. The first-order valence-corrected chi connectivity index (χ1v) is 3.76. The van der Waals surface area contributed by atoms with E-state index in [-0.39, 0.29) is 5.91 Å². The van der Waals surface area contributed by atoms with Gasteiger partial charge in [-0.1, -0.05) is 0 Å². The van der Waals surface area contributed by atoms with Crippen LogP contribution in [-0.4, -0.2) is 9.25 Å². The second kappa shape index (κ2) is 1.67. The quantitative estimate of drug-likeness (QED) is 0.576. The van der Waals surface area contributed by atoms with Gasteiger partial charge in [-0.05, 0) is 0 Å². The van der Waals surface area contributed by atoms with Gasteiger partial charge in [0, 0.05) is 21.1 Å². The van der Waals surface area contributed by atoms with Gasteiger partial charge in [-0.2, -0.15) is 0 Å². The number of carbonyl (C=O) groups is 1. The van der Waals surface area contributed by atoms with Crippen molar-refractivity contribution in [2.24, 2.45) is 5.73 Å². The molecule has 1 heterocycles. The summed E-state index contributed by atoms with van der Waals surface area (Å²) < 4.78 is 1.81. The molecule has 0 bridgehead atoms. The third kappa shape index (κ3) is 1.75. The molecule has 0 saturated carbocycles. The summed E-state index contributed by atoms with van der Waals surface area (Å²) in [6.45, 7) is 0.370. The summed E-state index contributed by atoms with van der Waals surface area (Å²) in [6.07, 6.45) is 0. The molecule has 0 aromatic carbocycles. The molecule has 0 fully saturated rings. The van der Waals surface area contributed by atoms with Gasteiger partial charge in [0.1, 0.15) is 6.54 Å². The lowest BCUT2D eigenvalue weighted by molar-refractivity contribution is -0.118. The van der Waals surface area contributed by atoms with Gasteiger partial charge in [0.2, 0.25) is 5.91 Å². The Labute approximate surface area is 48.0 Å². The molecule has 1 rings (SSSR count). The van der Waals surface area contributed by atoms with Crippen LogP contribution in [0.25, 0.3) is 0 Å². The third-order valence-electron chi connectivity index (χ3n) is 0.465. The van der Waals surface area contributed by atoms with Gasteiger partial charge in [0.25, 0.3) is 0 Å². The van der Waals surface area contributed by atoms with Gasteiger partial charge in [-0.25, -0.2) is 3.35 Å². The Morgan fingerprint density at radius 2 is 2.29 bits per heavy atom. The normalized spacial score (nSPS) is 9.71. The van der Waals surface area contributed by atoms with Gasteiger partial charge < -0.3 is 5.73 Å². The number of carbonyl (C=O) groups excluding carboxylic acids is 1. The molecule has 0 aliphatic carbocycles. The van der Waals surface area contributed by atoms with Crippen molar-refractivity contribution < 1.29 is 4.79 Å². The fraction of sp³-hybridized carbons (Fsp3) is 0.500. The average Bonchev–Trinajstić information content (AvgIpc) is 2.17. The largest absolute Gasteiger partial charge is 0.368 e. The standard InChI is InChI=1S/C2H4N2OS2/c3-2(5)1-4-6-7-4/h1H2,(H2,3,5). The fourth-order valence-electron chi connectivity index (χ4n) is 0.204. The van der Waals surface area contributed by atoms with Crippen molar-refractivity contribution >= 4 is 27.0 Å². The van der Waals surface area contributed by atoms with Crippen molar-refractivity contribution in [3.05, 3.63) is 0 Å². The third-order valence-corrected chi connectivity index (χ3v) is 2.16. The van der Waals surface area contributed by atoms with E-state index in [0.717, 1.165) is 0 Å². The van der Waals surface area contributed by atoms with Crippen molar-refractivity contribution in [3.8, 4) is 0 Å². The van der Waals surface area contributed by atoms with E-state index in [0.29, 0.717) is 6.54 Å². The highest BCUT2D eigenvalue weighted by Crippen LogP contribution is 2.15. The summed E-state index contributed by atoms with van der Waals surface area (Å²) in [7, 11) is 3.09. The number of amides is 1. The topological polar surface area (TPSA) is 48.0 Å². The molecule has 1 aromatic heterocycles. The molecule has 7 heavy (non-hydrogen) atoms. The fourth-order valence-corrected chi connectivity index (χ4v) is 1.07. The first-order chi connectivity index (χ1) is 3.29. The molecule has 0 unspecified atom stereocenters. The Morgan fingerprint density at radius 1 is 1.71 bits per heavy atom. The van der Waals surface area contributed by atoms with E-state index in [4.69, 9.17) is 5.73 Å². The molecular weight excluding hydrogens is 132 g/mol. The molecule has 1 amide bonds. The lowest BCUT2D eigenvalue weighted by Crippen LogP contribution is -2.14. The van der Waals surface area contributed by atoms with Crippen LogP contribution in [0, 0.1) is 0 Å². The van der Waals surface area contributed by atoms with Crippen LogP contribution in [0.1, 0.15) is 0 Å². The van der Waals surface area contributed by atoms with E-state index in [1.807, 2.05) is 3.35 Å². The van der Waals surface area contributed by atoms with Crippen LogP contribution in [0.2, 0.25) is 0 Å². The van der Waals surface area contributed by atoms with E-state index >= 15 is 0 Å². The lowest BCUT2D eigenvalue weighted by Gasteiger charge is -1.80. The van der Waals surface area contributed by atoms with Crippen molar-refractivity contribution in [3.63, 3.8) is 0 Å². The van der Waals surface area contributed by atoms with Crippen molar-refractivity contribution in [2.45, 2.75) is 6.54 Å². The van der Waals surface area contributed by atoms with Gasteiger partial charge in [-0.3, -0.25) is 4.79 Å². The number of hydrogen-bond donors (Lipinski definition) is 1. The Hall–Kier alpha value is -0.290. The molecule has 2 N–H and O–H groups in total.